The summed E-state index contributed by atoms with van der Waals surface area (Å²) >= 11 is 0. The predicted molar refractivity (Wildman–Crippen MR) is 49.7 cm³/mol. The zero-order valence-electron chi connectivity index (χ0n) is 7.90. The van der Waals surface area contributed by atoms with Crippen molar-refractivity contribution in [3.8, 4) is 0 Å². The van der Waals surface area contributed by atoms with Gasteiger partial charge in [0, 0.05) is 0 Å². The van der Waals surface area contributed by atoms with Crippen LogP contribution in [0.5, 0.6) is 0 Å². The maximum atomic E-state index is 3.48. The molecule has 0 spiro atoms. The Labute approximate surface area is 70.6 Å². The Morgan fingerprint density at radius 1 is 1.36 bits per heavy atom. The number of hydrogen-bond donors (Lipinski definition) is 1. The predicted octanol–water partition coefficient (Wildman–Crippen LogP) is 2.42. The van der Waals surface area contributed by atoms with E-state index in [1.807, 2.05) is 0 Å². The average molecular weight is 155 g/mol. The van der Waals surface area contributed by atoms with E-state index in [0.717, 1.165) is 11.8 Å². The van der Waals surface area contributed by atoms with Gasteiger partial charge >= 0.3 is 0 Å². The molecular formula is C10H21N. The first kappa shape index (κ1) is 9.05. The lowest BCUT2D eigenvalue weighted by Gasteiger charge is -2.25. The molecule has 0 aromatic carbocycles. The molecule has 1 rings (SSSR count). The minimum absolute atomic E-state index is 0.802. The summed E-state index contributed by atoms with van der Waals surface area (Å²) in [6.45, 7) is 6.95. The van der Waals surface area contributed by atoms with E-state index in [1.54, 1.807) is 0 Å². The minimum atomic E-state index is 0.802. The fraction of sp³-hybridized carbons (Fsp3) is 1.00. The Bertz CT molecular complexity index is 95.0. The maximum Gasteiger partial charge on any atom is -0.00258 e. The van der Waals surface area contributed by atoms with E-state index in [2.05, 4.69) is 19.2 Å². The average Bonchev–Trinajstić information content (AvgIpc) is 1.82. The highest BCUT2D eigenvalue weighted by molar-refractivity contribution is 4.70. The largest absolute Gasteiger partial charge is 0.316 e. The van der Waals surface area contributed by atoms with Crippen LogP contribution in [0.15, 0.2) is 0 Å². The molecular weight excluding hydrogens is 134 g/mol. The number of rotatable bonds is 5. The SMILES string of the molecule is CC(C)CNCCC1CCC1. The van der Waals surface area contributed by atoms with Crippen LogP contribution < -0.4 is 5.32 Å². The Kier molecular flexibility index (Phi) is 3.92. The van der Waals surface area contributed by atoms with Crippen molar-refractivity contribution >= 4 is 0 Å². The standard InChI is InChI=1S/C10H21N/c1-9(2)8-11-7-6-10-4-3-5-10/h9-11H,3-8H2,1-2H3. The molecule has 1 N–H and O–H groups in total. The third kappa shape index (κ3) is 3.76. The lowest BCUT2D eigenvalue weighted by Crippen LogP contribution is -2.24. The molecule has 0 radical (unpaired) electrons. The van der Waals surface area contributed by atoms with Gasteiger partial charge in [0.05, 0.1) is 0 Å². The van der Waals surface area contributed by atoms with E-state index in [0.29, 0.717) is 0 Å². The van der Waals surface area contributed by atoms with Crippen molar-refractivity contribution in [1.29, 1.82) is 0 Å². The first-order valence-corrected chi connectivity index (χ1v) is 4.99. The van der Waals surface area contributed by atoms with Crippen LogP contribution in [-0.4, -0.2) is 13.1 Å². The van der Waals surface area contributed by atoms with Crippen molar-refractivity contribution in [3.63, 3.8) is 0 Å². The van der Waals surface area contributed by atoms with E-state index in [9.17, 15) is 0 Å². The molecule has 0 amide bonds. The molecule has 0 saturated heterocycles. The summed E-state index contributed by atoms with van der Waals surface area (Å²) in [6.07, 6.45) is 5.87. The van der Waals surface area contributed by atoms with Gasteiger partial charge in [0.25, 0.3) is 0 Å². The van der Waals surface area contributed by atoms with Gasteiger partial charge in [-0.25, -0.2) is 0 Å². The number of nitrogens with one attached hydrogen (secondary N) is 1. The molecule has 1 heteroatoms. The summed E-state index contributed by atoms with van der Waals surface area (Å²) in [5.74, 6) is 1.87. The Balaban J connectivity index is 1.80. The van der Waals surface area contributed by atoms with Crippen LogP contribution in [0.4, 0.5) is 0 Å². The molecule has 66 valence electrons. The topological polar surface area (TPSA) is 12.0 Å². The van der Waals surface area contributed by atoms with E-state index >= 15 is 0 Å². The molecule has 1 aliphatic carbocycles. The van der Waals surface area contributed by atoms with Crippen molar-refractivity contribution in [2.24, 2.45) is 11.8 Å². The van der Waals surface area contributed by atoms with Gasteiger partial charge in [-0.05, 0) is 31.3 Å². The Morgan fingerprint density at radius 3 is 2.55 bits per heavy atom. The van der Waals surface area contributed by atoms with Crippen LogP contribution in [0.25, 0.3) is 0 Å². The molecule has 11 heavy (non-hydrogen) atoms. The summed E-state index contributed by atoms with van der Waals surface area (Å²) < 4.78 is 0. The third-order valence-electron chi connectivity index (χ3n) is 2.51. The first-order valence-electron chi connectivity index (χ1n) is 4.99. The molecule has 0 aliphatic heterocycles. The molecule has 1 saturated carbocycles. The molecule has 0 unspecified atom stereocenters. The molecule has 0 aromatic heterocycles. The molecule has 0 bridgehead atoms. The highest BCUT2D eigenvalue weighted by Gasteiger charge is 2.15. The quantitative estimate of drug-likeness (QED) is 0.601. The van der Waals surface area contributed by atoms with Gasteiger partial charge in [0.2, 0.25) is 0 Å². The van der Waals surface area contributed by atoms with Gasteiger partial charge in [-0.3, -0.25) is 0 Å². The second kappa shape index (κ2) is 4.76. The fourth-order valence-corrected chi connectivity index (χ4v) is 1.48. The first-order chi connectivity index (χ1) is 5.29. The summed E-state index contributed by atoms with van der Waals surface area (Å²) in [5.41, 5.74) is 0. The molecule has 1 fully saturated rings. The van der Waals surface area contributed by atoms with Crippen molar-refractivity contribution < 1.29 is 0 Å². The van der Waals surface area contributed by atoms with E-state index in [4.69, 9.17) is 0 Å². The summed E-state index contributed by atoms with van der Waals surface area (Å²) in [6, 6.07) is 0. The van der Waals surface area contributed by atoms with Crippen molar-refractivity contribution in [2.75, 3.05) is 13.1 Å². The third-order valence-corrected chi connectivity index (χ3v) is 2.51. The van der Waals surface area contributed by atoms with Crippen LogP contribution in [-0.2, 0) is 0 Å². The number of hydrogen-bond acceptors (Lipinski definition) is 1. The summed E-state index contributed by atoms with van der Waals surface area (Å²) in [4.78, 5) is 0. The zero-order chi connectivity index (χ0) is 8.10. The lowest BCUT2D eigenvalue weighted by molar-refractivity contribution is 0.290. The monoisotopic (exact) mass is 155 g/mol. The van der Waals surface area contributed by atoms with Crippen LogP contribution >= 0.6 is 0 Å². The van der Waals surface area contributed by atoms with Gasteiger partial charge < -0.3 is 5.32 Å². The van der Waals surface area contributed by atoms with Crippen LogP contribution in [0.2, 0.25) is 0 Å². The van der Waals surface area contributed by atoms with E-state index in [1.165, 1.54) is 38.8 Å². The van der Waals surface area contributed by atoms with Crippen LogP contribution in [0.3, 0.4) is 0 Å². The van der Waals surface area contributed by atoms with E-state index in [-0.39, 0.29) is 0 Å². The van der Waals surface area contributed by atoms with Crippen molar-refractivity contribution in [3.05, 3.63) is 0 Å². The molecule has 0 heterocycles. The van der Waals surface area contributed by atoms with Crippen molar-refractivity contribution in [2.45, 2.75) is 39.5 Å². The van der Waals surface area contributed by atoms with Gasteiger partial charge in [-0.2, -0.15) is 0 Å². The normalized spacial score (nSPS) is 18.8. The second-order valence-electron chi connectivity index (χ2n) is 4.18. The zero-order valence-corrected chi connectivity index (χ0v) is 7.90. The van der Waals surface area contributed by atoms with Crippen LogP contribution in [0, 0.1) is 11.8 Å². The van der Waals surface area contributed by atoms with Gasteiger partial charge in [-0.1, -0.05) is 33.1 Å². The molecule has 1 aliphatic rings. The molecule has 0 atom stereocenters. The molecule has 0 aromatic rings. The summed E-state index contributed by atoms with van der Waals surface area (Å²) in [5, 5.41) is 3.48. The minimum Gasteiger partial charge on any atom is -0.316 e. The Morgan fingerprint density at radius 2 is 2.09 bits per heavy atom. The van der Waals surface area contributed by atoms with Gasteiger partial charge in [0.1, 0.15) is 0 Å². The van der Waals surface area contributed by atoms with Gasteiger partial charge in [0.15, 0.2) is 0 Å². The molecule has 1 nitrogen and oxygen atoms in total. The lowest BCUT2D eigenvalue weighted by atomic mass is 9.83. The smallest absolute Gasteiger partial charge is 0.00258 e. The second-order valence-corrected chi connectivity index (χ2v) is 4.18. The maximum absolute atomic E-state index is 3.48. The fourth-order valence-electron chi connectivity index (χ4n) is 1.48. The van der Waals surface area contributed by atoms with Crippen molar-refractivity contribution in [1.82, 2.24) is 5.32 Å². The highest BCUT2D eigenvalue weighted by atomic mass is 14.8. The van der Waals surface area contributed by atoms with Crippen LogP contribution in [0.1, 0.15) is 39.5 Å². The summed E-state index contributed by atoms with van der Waals surface area (Å²) in [7, 11) is 0. The Hall–Kier alpha value is -0.0400. The van der Waals surface area contributed by atoms with E-state index < -0.39 is 0 Å². The van der Waals surface area contributed by atoms with Gasteiger partial charge in [-0.15, -0.1) is 0 Å². The highest BCUT2D eigenvalue weighted by Crippen LogP contribution is 2.28.